The van der Waals surface area contributed by atoms with Gasteiger partial charge in [-0.25, -0.2) is 18.4 Å². The first-order chi connectivity index (χ1) is 8.84. The van der Waals surface area contributed by atoms with Crippen LogP contribution in [0.4, 0.5) is 0 Å². The van der Waals surface area contributed by atoms with Crippen LogP contribution in [0.3, 0.4) is 0 Å². The summed E-state index contributed by atoms with van der Waals surface area (Å²) in [6.07, 6.45) is 7.97. The van der Waals surface area contributed by atoms with Crippen LogP contribution in [0.25, 0.3) is 11.2 Å². The average molecular weight is 277 g/mol. The number of rotatable bonds is 3. The number of imidazole rings is 1. The fraction of sp³-hybridized carbons (Fsp3) is 0.231. The Balaban J connectivity index is 2.87. The van der Waals surface area contributed by atoms with E-state index in [4.69, 9.17) is 0 Å². The molecule has 0 amide bonds. The molecule has 2 aromatic rings. The highest BCUT2D eigenvalue weighted by Crippen LogP contribution is 2.20. The lowest BCUT2D eigenvalue weighted by Gasteiger charge is -2.07. The largest absolute Gasteiger partial charge is 0.300 e. The third-order valence-corrected chi connectivity index (χ3v) is 3.75. The minimum Gasteiger partial charge on any atom is -0.300 e. The van der Waals surface area contributed by atoms with E-state index in [-0.39, 0.29) is 5.03 Å². The topological polar surface area (TPSA) is 64.3 Å². The maximum absolute atomic E-state index is 11.8. The van der Waals surface area contributed by atoms with Gasteiger partial charge in [0.25, 0.3) is 0 Å². The number of nitrogens with zero attached hydrogens (tertiary/aromatic N) is 3. The molecule has 0 N–H and O–H groups in total. The maximum Gasteiger partial charge on any atom is 0.199 e. The number of aromatic nitrogens is 3. The predicted octanol–water partition coefficient (Wildman–Crippen LogP) is 2.03. The van der Waals surface area contributed by atoms with Gasteiger partial charge in [0.1, 0.15) is 0 Å². The zero-order valence-electron chi connectivity index (χ0n) is 11.1. The summed E-state index contributed by atoms with van der Waals surface area (Å²) < 4.78 is 25.4. The quantitative estimate of drug-likeness (QED) is 0.805. The van der Waals surface area contributed by atoms with Crippen LogP contribution in [-0.2, 0) is 9.84 Å². The SMILES string of the molecule is C=CC=C(C)c1cn2c(C)cnc2c(S(C)(=O)=O)n1. The monoisotopic (exact) mass is 277 g/mol. The zero-order valence-corrected chi connectivity index (χ0v) is 11.9. The van der Waals surface area contributed by atoms with Gasteiger partial charge in [-0.3, -0.25) is 4.40 Å². The molecule has 0 saturated heterocycles. The molecule has 0 aliphatic heterocycles. The molecule has 5 nitrogen and oxygen atoms in total. The highest BCUT2D eigenvalue weighted by Gasteiger charge is 2.18. The smallest absolute Gasteiger partial charge is 0.199 e. The van der Waals surface area contributed by atoms with Gasteiger partial charge in [-0.05, 0) is 19.4 Å². The Morgan fingerprint density at radius 3 is 2.74 bits per heavy atom. The molecule has 2 aromatic heterocycles. The number of aryl methyl sites for hydroxylation is 1. The van der Waals surface area contributed by atoms with Gasteiger partial charge >= 0.3 is 0 Å². The van der Waals surface area contributed by atoms with Crippen molar-refractivity contribution < 1.29 is 8.42 Å². The van der Waals surface area contributed by atoms with E-state index in [0.29, 0.717) is 11.3 Å². The summed E-state index contributed by atoms with van der Waals surface area (Å²) in [6.45, 7) is 7.34. The molecule has 0 unspecified atom stereocenters. The third-order valence-electron chi connectivity index (χ3n) is 2.77. The van der Waals surface area contributed by atoms with Crippen LogP contribution in [0, 0.1) is 6.92 Å². The summed E-state index contributed by atoms with van der Waals surface area (Å²) in [5.41, 5.74) is 2.65. The summed E-state index contributed by atoms with van der Waals surface area (Å²) in [4.78, 5) is 8.33. The lowest BCUT2D eigenvalue weighted by atomic mass is 10.2. The fourth-order valence-electron chi connectivity index (χ4n) is 1.78. The second-order valence-electron chi connectivity index (χ2n) is 4.38. The van der Waals surface area contributed by atoms with Gasteiger partial charge in [-0.15, -0.1) is 0 Å². The number of hydrogen-bond acceptors (Lipinski definition) is 4. The molecule has 0 atom stereocenters. The van der Waals surface area contributed by atoms with E-state index in [9.17, 15) is 8.42 Å². The zero-order chi connectivity index (χ0) is 14.2. The van der Waals surface area contributed by atoms with E-state index in [0.717, 1.165) is 17.5 Å². The van der Waals surface area contributed by atoms with Crippen molar-refractivity contribution in [3.63, 3.8) is 0 Å². The van der Waals surface area contributed by atoms with E-state index in [1.165, 1.54) is 0 Å². The van der Waals surface area contributed by atoms with Gasteiger partial charge < -0.3 is 0 Å². The Morgan fingerprint density at radius 2 is 2.16 bits per heavy atom. The van der Waals surface area contributed by atoms with Gasteiger partial charge in [0, 0.05) is 24.3 Å². The standard InChI is InChI=1S/C13H15N3O2S/c1-5-6-9(2)11-8-16-10(3)7-14-12(16)13(15-11)19(4,17)18/h5-8H,1H2,2-4H3. The van der Waals surface area contributed by atoms with Crippen LogP contribution in [0.1, 0.15) is 18.3 Å². The predicted molar refractivity (Wildman–Crippen MR) is 74.7 cm³/mol. The van der Waals surface area contributed by atoms with Crippen LogP contribution in [0.15, 0.2) is 36.2 Å². The molecule has 0 aromatic carbocycles. The van der Waals surface area contributed by atoms with Crippen molar-refractivity contribution in [3.05, 3.63) is 42.5 Å². The first-order valence-corrected chi connectivity index (χ1v) is 7.58. The molecule has 0 bridgehead atoms. The Morgan fingerprint density at radius 1 is 1.47 bits per heavy atom. The van der Waals surface area contributed by atoms with Crippen molar-refractivity contribution in [2.45, 2.75) is 18.9 Å². The number of hydrogen-bond donors (Lipinski definition) is 0. The first kappa shape index (κ1) is 13.5. The normalized spacial score (nSPS) is 12.9. The Kier molecular flexibility index (Phi) is 3.28. The molecule has 6 heteroatoms. The molecule has 19 heavy (non-hydrogen) atoms. The van der Waals surface area contributed by atoms with Crippen LogP contribution in [0.2, 0.25) is 0 Å². The van der Waals surface area contributed by atoms with E-state index >= 15 is 0 Å². The van der Waals surface area contributed by atoms with Crippen molar-refractivity contribution in [1.82, 2.24) is 14.4 Å². The van der Waals surface area contributed by atoms with Gasteiger partial charge in [-0.2, -0.15) is 0 Å². The molecule has 0 saturated carbocycles. The van der Waals surface area contributed by atoms with Crippen molar-refractivity contribution in [1.29, 1.82) is 0 Å². The van der Waals surface area contributed by atoms with E-state index < -0.39 is 9.84 Å². The molecule has 0 fully saturated rings. The Hall–Kier alpha value is -1.95. The lowest BCUT2D eigenvalue weighted by molar-refractivity contribution is 0.598. The second-order valence-corrected chi connectivity index (χ2v) is 6.31. The molecule has 0 aliphatic carbocycles. The molecule has 0 radical (unpaired) electrons. The van der Waals surface area contributed by atoms with Crippen LogP contribution >= 0.6 is 0 Å². The number of fused-ring (bicyclic) bond motifs is 1. The molecule has 0 spiro atoms. The van der Waals surface area contributed by atoms with Crippen molar-refractivity contribution >= 4 is 21.1 Å². The van der Waals surface area contributed by atoms with Crippen molar-refractivity contribution in [2.24, 2.45) is 0 Å². The lowest BCUT2D eigenvalue weighted by Crippen LogP contribution is -2.07. The molecule has 100 valence electrons. The van der Waals surface area contributed by atoms with E-state index in [1.807, 2.05) is 13.8 Å². The van der Waals surface area contributed by atoms with Gasteiger partial charge in [0.2, 0.25) is 0 Å². The molecule has 0 aliphatic rings. The molecule has 2 heterocycles. The fourth-order valence-corrected chi connectivity index (χ4v) is 2.53. The van der Waals surface area contributed by atoms with E-state index in [1.54, 1.807) is 28.9 Å². The molecule has 2 rings (SSSR count). The molecular formula is C13H15N3O2S. The summed E-state index contributed by atoms with van der Waals surface area (Å²) in [7, 11) is -3.43. The van der Waals surface area contributed by atoms with Crippen LogP contribution < -0.4 is 0 Å². The Labute approximate surface area is 112 Å². The van der Waals surface area contributed by atoms with Crippen molar-refractivity contribution in [3.8, 4) is 0 Å². The first-order valence-electron chi connectivity index (χ1n) is 5.69. The minimum atomic E-state index is -3.43. The maximum atomic E-state index is 11.8. The van der Waals surface area contributed by atoms with Gasteiger partial charge in [-0.1, -0.05) is 18.7 Å². The number of allylic oxidation sites excluding steroid dienone is 3. The highest BCUT2D eigenvalue weighted by molar-refractivity contribution is 7.90. The summed E-state index contributed by atoms with van der Waals surface area (Å²) >= 11 is 0. The van der Waals surface area contributed by atoms with Crippen LogP contribution in [0.5, 0.6) is 0 Å². The summed E-state index contributed by atoms with van der Waals surface area (Å²) in [6, 6.07) is 0. The average Bonchev–Trinajstić information content (AvgIpc) is 2.69. The summed E-state index contributed by atoms with van der Waals surface area (Å²) in [5, 5.41) is -0.00471. The summed E-state index contributed by atoms with van der Waals surface area (Å²) in [5.74, 6) is 0. The van der Waals surface area contributed by atoms with Crippen LogP contribution in [-0.4, -0.2) is 29.0 Å². The van der Waals surface area contributed by atoms with Gasteiger partial charge in [0.05, 0.1) is 5.69 Å². The van der Waals surface area contributed by atoms with Crippen molar-refractivity contribution in [2.75, 3.05) is 6.26 Å². The van der Waals surface area contributed by atoms with Gasteiger partial charge in [0.15, 0.2) is 20.5 Å². The van der Waals surface area contributed by atoms with E-state index in [2.05, 4.69) is 16.5 Å². The second kappa shape index (κ2) is 4.62. The number of sulfone groups is 1. The Bertz CT molecular complexity index is 786. The highest BCUT2D eigenvalue weighted by atomic mass is 32.2. The molecular weight excluding hydrogens is 262 g/mol. The third kappa shape index (κ3) is 2.44. The minimum absolute atomic E-state index is 0.00471.